The molecule has 2 aromatic carbocycles. The molecule has 0 N–H and O–H groups in total. The summed E-state index contributed by atoms with van der Waals surface area (Å²) in [5, 5.41) is 0. The molecule has 4 rings (SSSR count). The fraction of sp³-hybridized carbons (Fsp3) is 0.417. The van der Waals surface area contributed by atoms with E-state index >= 15 is 0 Å². The lowest BCUT2D eigenvalue weighted by Crippen LogP contribution is -2.52. The van der Waals surface area contributed by atoms with Crippen LogP contribution in [0.5, 0.6) is 11.5 Å². The van der Waals surface area contributed by atoms with Crippen molar-refractivity contribution in [3.63, 3.8) is 0 Å². The van der Waals surface area contributed by atoms with Gasteiger partial charge in [-0.25, -0.2) is 8.42 Å². The predicted octanol–water partition coefficient (Wildman–Crippen LogP) is 3.21. The van der Waals surface area contributed by atoms with Gasteiger partial charge in [-0.15, -0.1) is 0 Å². The van der Waals surface area contributed by atoms with Crippen molar-refractivity contribution < 1.29 is 27.5 Å². The summed E-state index contributed by atoms with van der Waals surface area (Å²) < 4.78 is 38.9. The molecule has 9 heteroatoms. The van der Waals surface area contributed by atoms with Gasteiger partial charge in [0.1, 0.15) is 6.04 Å². The number of piperidine rings is 1. The van der Waals surface area contributed by atoms with Crippen LogP contribution in [0.4, 0.5) is 0 Å². The zero-order chi connectivity index (χ0) is 23.6. The molecule has 2 aliphatic rings. The number of hydrogen-bond donors (Lipinski definition) is 0. The van der Waals surface area contributed by atoms with Crippen LogP contribution in [-0.2, 0) is 21.4 Å². The van der Waals surface area contributed by atoms with E-state index in [4.69, 9.17) is 9.47 Å². The molecular weight excluding hydrogens is 444 g/mol. The summed E-state index contributed by atoms with van der Waals surface area (Å²) in [6.07, 6.45) is 1.96. The molecule has 2 aromatic rings. The zero-order valence-electron chi connectivity index (χ0n) is 18.8. The van der Waals surface area contributed by atoms with Gasteiger partial charge in [-0.2, -0.15) is 4.31 Å². The van der Waals surface area contributed by atoms with Crippen molar-refractivity contribution in [2.75, 3.05) is 19.9 Å². The Morgan fingerprint density at radius 2 is 1.79 bits per heavy atom. The van der Waals surface area contributed by atoms with Gasteiger partial charge in [0, 0.05) is 25.2 Å². The van der Waals surface area contributed by atoms with Gasteiger partial charge >= 0.3 is 0 Å². The number of ether oxygens (including phenoxy) is 2. The average Bonchev–Trinajstić information content (AvgIpc) is 3.30. The molecule has 1 atom stereocenters. The van der Waals surface area contributed by atoms with Crippen LogP contribution in [0.3, 0.4) is 0 Å². The van der Waals surface area contributed by atoms with Crippen molar-refractivity contribution >= 4 is 21.7 Å². The second-order valence-electron chi connectivity index (χ2n) is 8.25. The largest absolute Gasteiger partial charge is 0.454 e. The highest BCUT2D eigenvalue weighted by molar-refractivity contribution is 7.89. The number of hydrogen-bond acceptors (Lipinski definition) is 6. The van der Waals surface area contributed by atoms with E-state index in [9.17, 15) is 18.0 Å². The topological polar surface area (TPSA) is 93.2 Å². The molecule has 2 aliphatic heterocycles. The van der Waals surface area contributed by atoms with E-state index in [1.807, 2.05) is 25.1 Å². The predicted molar refractivity (Wildman–Crippen MR) is 122 cm³/mol. The molecule has 0 spiro atoms. The Bertz CT molecular complexity index is 1150. The van der Waals surface area contributed by atoms with Gasteiger partial charge in [-0.05, 0) is 56.5 Å². The van der Waals surface area contributed by atoms with Crippen LogP contribution in [0.25, 0.3) is 0 Å². The molecular formula is C24H28N2O6S. The zero-order valence-corrected chi connectivity index (χ0v) is 19.6. The SMILES string of the molecule is CCN(Cc1ccc2c(c1)OCO2)C(=O)C1CCCCN1S(=O)(=O)c1ccc(C(C)=O)cc1. The van der Waals surface area contributed by atoms with Crippen LogP contribution in [0.2, 0.25) is 0 Å². The minimum Gasteiger partial charge on any atom is -0.454 e. The lowest BCUT2D eigenvalue weighted by atomic mass is 10.0. The van der Waals surface area contributed by atoms with Crippen LogP contribution in [0.15, 0.2) is 47.4 Å². The van der Waals surface area contributed by atoms with E-state index in [0.717, 1.165) is 12.0 Å². The summed E-state index contributed by atoms with van der Waals surface area (Å²) in [7, 11) is -3.88. The Morgan fingerprint density at radius 3 is 2.48 bits per heavy atom. The van der Waals surface area contributed by atoms with E-state index in [1.165, 1.54) is 35.5 Å². The third-order valence-corrected chi connectivity index (χ3v) is 8.03. The lowest BCUT2D eigenvalue weighted by molar-refractivity contribution is -0.136. The summed E-state index contributed by atoms with van der Waals surface area (Å²) >= 11 is 0. The van der Waals surface area contributed by atoms with E-state index < -0.39 is 16.1 Å². The molecule has 176 valence electrons. The fourth-order valence-corrected chi connectivity index (χ4v) is 5.90. The molecule has 1 saturated heterocycles. The minimum atomic E-state index is -3.88. The molecule has 1 unspecified atom stereocenters. The molecule has 1 amide bonds. The van der Waals surface area contributed by atoms with Gasteiger partial charge in [0.15, 0.2) is 17.3 Å². The maximum absolute atomic E-state index is 13.5. The molecule has 0 bridgehead atoms. The Balaban J connectivity index is 1.56. The first-order chi connectivity index (χ1) is 15.8. The van der Waals surface area contributed by atoms with Crippen molar-refractivity contribution in [3.8, 4) is 11.5 Å². The number of carbonyl (C=O) groups excluding carboxylic acids is 2. The Labute approximate surface area is 194 Å². The van der Waals surface area contributed by atoms with Crippen LogP contribution in [0, 0.1) is 0 Å². The van der Waals surface area contributed by atoms with Crippen molar-refractivity contribution in [1.29, 1.82) is 0 Å². The smallest absolute Gasteiger partial charge is 0.243 e. The number of nitrogens with zero attached hydrogens (tertiary/aromatic N) is 2. The maximum Gasteiger partial charge on any atom is 0.243 e. The molecule has 0 radical (unpaired) electrons. The molecule has 0 aliphatic carbocycles. The number of benzene rings is 2. The van der Waals surface area contributed by atoms with Crippen molar-refractivity contribution in [3.05, 3.63) is 53.6 Å². The van der Waals surface area contributed by atoms with E-state index in [-0.39, 0.29) is 29.9 Å². The maximum atomic E-state index is 13.5. The van der Waals surface area contributed by atoms with Crippen molar-refractivity contribution in [1.82, 2.24) is 9.21 Å². The van der Waals surface area contributed by atoms with Crippen LogP contribution in [-0.4, -0.2) is 55.2 Å². The lowest BCUT2D eigenvalue weighted by Gasteiger charge is -2.36. The Hall–Kier alpha value is -2.91. The number of sulfonamides is 1. The number of amides is 1. The van der Waals surface area contributed by atoms with Gasteiger partial charge in [0.05, 0.1) is 4.90 Å². The quantitative estimate of drug-likeness (QED) is 0.575. The number of rotatable bonds is 7. The summed E-state index contributed by atoms with van der Waals surface area (Å²) in [5.74, 6) is 0.978. The normalized spacial score (nSPS) is 18.2. The highest BCUT2D eigenvalue weighted by Gasteiger charge is 2.39. The van der Waals surface area contributed by atoms with Gasteiger partial charge in [0.2, 0.25) is 22.7 Å². The van der Waals surface area contributed by atoms with Gasteiger partial charge in [-0.3, -0.25) is 9.59 Å². The van der Waals surface area contributed by atoms with Gasteiger partial charge in [-0.1, -0.05) is 24.6 Å². The fourth-order valence-electron chi connectivity index (χ4n) is 4.25. The van der Waals surface area contributed by atoms with E-state index in [0.29, 0.717) is 43.0 Å². The highest BCUT2D eigenvalue weighted by Crippen LogP contribution is 2.33. The monoisotopic (exact) mass is 472 g/mol. The average molecular weight is 473 g/mol. The standard InChI is InChI=1S/C24H28N2O6S/c1-3-25(15-18-7-12-22-23(14-18)32-16-31-22)24(28)21-6-4-5-13-26(21)33(29,30)20-10-8-19(9-11-20)17(2)27/h7-12,14,21H,3-6,13,15-16H2,1-2H3. The summed E-state index contributed by atoms with van der Waals surface area (Å²) in [6.45, 7) is 4.58. The molecule has 33 heavy (non-hydrogen) atoms. The molecule has 2 heterocycles. The molecule has 0 aromatic heterocycles. The summed E-state index contributed by atoms with van der Waals surface area (Å²) in [5.41, 5.74) is 1.33. The first-order valence-electron chi connectivity index (χ1n) is 11.1. The number of carbonyl (C=O) groups is 2. The number of ketones is 1. The van der Waals surface area contributed by atoms with Crippen molar-refractivity contribution in [2.45, 2.75) is 50.6 Å². The third-order valence-electron chi connectivity index (χ3n) is 6.11. The number of likely N-dealkylation sites (N-methyl/N-ethyl adjacent to an activating group) is 1. The van der Waals surface area contributed by atoms with E-state index in [1.54, 1.807) is 4.90 Å². The molecule has 0 saturated carbocycles. The Morgan fingerprint density at radius 1 is 1.06 bits per heavy atom. The second kappa shape index (κ2) is 9.52. The second-order valence-corrected chi connectivity index (χ2v) is 10.1. The molecule has 1 fully saturated rings. The van der Waals surface area contributed by atoms with Crippen LogP contribution in [0.1, 0.15) is 49.0 Å². The first kappa shape index (κ1) is 23.3. The van der Waals surface area contributed by atoms with Crippen LogP contribution >= 0.6 is 0 Å². The van der Waals surface area contributed by atoms with Gasteiger partial charge in [0.25, 0.3) is 0 Å². The molecule has 8 nitrogen and oxygen atoms in total. The number of fused-ring (bicyclic) bond motifs is 1. The Kier molecular flexibility index (Phi) is 6.71. The summed E-state index contributed by atoms with van der Waals surface area (Å²) in [6, 6.07) is 10.7. The third kappa shape index (κ3) is 4.74. The van der Waals surface area contributed by atoms with Crippen LogP contribution < -0.4 is 9.47 Å². The highest BCUT2D eigenvalue weighted by atomic mass is 32.2. The summed E-state index contributed by atoms with van der Waals surface area (Å²) in [4.78, 5) is 26.8. The minimum absolute atomic E-state index is 0.0889. The number of Topliss-reactive ketones (excluding diaryl/α,β-unsaturated/α-hetero) is 1. The van der Waals surface area contributed by atoms with E-state index in [2.05, 4.69) is 0 Å². The first-order valence-corrected chi connectivity index (χ1v) is 12.6. The van der Waals surface area contributed by atoms with Gasteiger partial charge < -0.3 is 14.4 Å². The van der Waals surface area contributed by atoms with Crippen molar-refractivity contribution in [2.24, 2.45) is 0 Å².